The minimum absolute atomic E-state index is 0.0956. The molecule has 8 unspecified atom stereocenters. The summed E-state index contributed by atoms with van der Waals surface area (Å²) in [5.74, 6) is -1.23. The van der Waals surface area contributed by atoms with Crippen LogP contribution in [0.25, 0.3) is 0 Å². The number of nitrogens with one attached hydrogen (secondary N) is 1. The van der Waals surface area contributed by atoms with E-state index in [1.807, 2.05) is 24.3 Å². The highest BCUT2D eigenvalue weighted by atomic mass is 16.7. The average Bonchev–Trinajstić information content (AvgIpc) is 3.44. The third kappa shape index (κ3) is 41.6. The Balaban J connectivity index is 2.65. The van der Waals surface area contributed by atoms with E-state index in [0.717, 1.165) is 103 Å². The van der Waals surface area contributed by atoms with Crippen LogP contribution in [-0.4, -0.2) is 99.6 Å². The summed E-state index contributed by atoms with van der Waals surface area (Å²) in [4.78, 5) is 26.5. The number of carbonyl (C=O) groups is 2. The van der Waals surface area contributed by atoms with Gasteiger partial charge >= 0.3 is 5.97 Å². The molecule has 0 aromatic carbocycles. The van der Waals surface area contributed by atoms with Crippen LogP contribution in [0.5, 0.6) is 0 Å². The van der Waals surface area contributed by atoms with Crippen molar-refractivity contribution in [3.8, 4) is 0 Å². The van der Waals surface area contributed by atoms with Crippen molar-refractivity contribution in [2.24, 2.45) is 0 Å². The smallest absolute Gasteiger partial charge is 0.306 e. The fraction of sp³-hybridized carbons (Fsp3) is 0.731. The third-order valence-electron chi connectivity index (χ3n) is 14.3. The molecule has 11 heteroatoms. The number of aliphatic hydroxyl groups is 5. The summed E-state index contributed by atoms with van der Waals surface area (Å²) in [6, 6.07) is -1.04. The highest BCUT2D eigenvalue weighted by molar-refractivity contribution is 5.80. The molecule has 0 aromatic rings. The SMILES string of the molecule is CC/C=C/C=C/C=C\CCCCCCCC(=O)OC1C(OCC(NC(=O)C(O)CCCCCCCCCC/C=C\C/C=C\C/C=C\C/C=C\CCCCC)C(O)/C=C/CCCCCCCCCCCC)OC(CO)C(O)C1O. The van der Waals surface area contributed by atoms with Crippen LogP contribution in [0.15, 0.2) is 97.2 Å². The van der Waals surface area contributed by atoms with Gasteiger partial charge in [-0.25, -0.2) is 0 Å². The lowest BCUT2D eigenvalue weighted by Crippen LogP contribution is -2.61. The summed E-state index contributed by atoms with van der Waals surface area (Å²) in [7, 11) is 0. The first-order valence-electron chi connectivity index (χ1n) is 31.5. The summed E-state index contributed by atoms with van der Waals surface area (Å²) in [5.41, 5.74) is 0. The first kappa shape index (κ1) is 72.6. The van der Waals surface area contributed by atoms with Gasteiger partial charge in [-0.05, 0) is 89.9 Å². The van der Waals surface area contributed by atoms with Crippen molar-refractivity contribution in [2.75, 3.05) is 13.2 Å². The molecule has 1 saturated heterocycles. The average molecular weight is 1090 g/mol. The molecule has 448 valence electrons. The number of hydrogen-bond acceptors (Lipinski definition) is 10. The minimum Gasteiger partial charge on any atom is -0.454 e. The van der Waals surface area contributed by atoms with E-state index >= 15 is 0 Å². The summed E-state index contributed by atoms with van der Waals surface area (Å²) in [6.45, 7) is 5.60. The molecule has 0 saturated carbocycles. The maximum Gasteiger partial charge on any atom is 0.306 e. The zero-order valence-electron chi connectivity index (χ0n) is 49.5. The number of rotatable bonds is 52. The number of ether oxygens (including phenoxy) is 3. The molecule has 1 heterocycles. The lowest BCUT2D eigenvalue weighted by Gasteiger charge is -2.41. The zero-order chi connectivity index (χ0) is 56.8. The Labute approximate surface area is 475 Å². The van der Waals surface area contributed by atoms with Crippen molar-refractivity contribution in [3.05, 3.63) is 97.2 Å². The van der Waals surface area contributed by atoms with Gasteiger partial charge in [-0.2, -0.15) is 0 Å². The molecule has 8 atom stereocenters. The summed E-state index contributed by atoms with van der Waals surface area (Å²) in [6.07, 6.45) is 61.6. The standard InChI is InChI=1S/C67H115NO10/c1-4-7-10-13-16-19-22-25-26-27-28-29-30-31-32-33-34-35-37-39-42-45-48-51-54-60(71)66(75)68-58(59(70)53-50-47-44-41-38-24-21-18-15-12-9-6-3)57-76-67-65(64(74)63(73)61(56-69)77-67)78-62(72)55-52-49-46-43-40-36-23-20-17-14-11-8-5-2/h8,11,14,16-17,19-20,23,25-26,28-29,31-32,50,53,58-61,63-65,67,69-71,73-74H,4-7,9-10,12-13,15,18,21-22,24,27,30,33-49,51-52,54-57H2,1-3H3,(H,68,75)/b11-8+,17-14+,19-16-,23-20-,26-25-,29-28-,32-31-,53-50+. The number of aliphatic hydroxyl groups excluding tert-OH is 5. The van der Waals surface area contributed by atoms with Gasteiger partial charge in [0.05, 0.1) is 25.4 Å². The van der Waals surface area contributed by atoms with Crippen LogP contribution in [0.1, 0.15) is 252 Å². The van der Waals surface area contributed by atoms with Crippen LogP contribution >= 0.6 is 0 Å². The van der Waals surface area contributed by atoms with Crippen molar-refractivity contribution in [1.82, 2.24) is 5.32 Å². The van der Waals surface area contributed by atoms with Gasteiger partial charge in [-0.1, -0.05) is 253 Å². The van der Waals surface area contributed by atoms with Crippen LogP contribution in [0.2, 0.25) is 0 Å². The highest BCUT2D eigenvalue weighted by Crippen LogP contribution is 2.26. The normalized spacial score (nSPS) is 19.6. The molecule has 1 fully saturated rings. The number of carbonyl (C=O) groups excluding carboxylic acids is 2. The van der Waals surface area contributed by atoms with E-state index in [0.29, 0.717) is 12.8 Å². The Kier molecular flexibility index (Phi) is 50.4. The summed E-state index contributed by atoms with van der Waals surface area (Å²) >= 11 is 0. The van der Waals surface area contributed by atoms with Gasteiger partial charge in [-0.3, -0.25) is 9.59 Å². The fourth-order valence-corrected chi connectivity index (χ4v) is 9.28. The van der Waals surface area contributed by atoms with Crippen LogP contribution in [0.3, 0.4) is 0 Å². The second-order valence-corrected chi connectivity index (χ2v) is 21.5. The molecule has 0 aliphatic carbocycles. The lowest BCUT2D eigenvalue weighted by molar-refractivity contribution is -0.305. The molecule has 0 bridgehead atoms. The van der Waals surface area contributed by atoms with Gasteiger partial charge < -0.3 is 45.1 Å². The van der Waals surface area contributed by atoms with Gasteiger partial charge in [0, 0.05) is 6.42 Å². The maximum absolute atomic E-state index is 13.4. The predicted molar refractivity (Wildman–Crippen MR) is 324 cm³/mol. The topological polar surface area (TPSA) is 175 Å². The molecule has 11 nitrogen and oxygen atoms in total. The molecule has 0 spiro atoms. The summed E-state index contributed by atoms with van der Waals surface area (Å²) < 4.78 is 17.6. The fourth-order valence-electron chi connectivity index (χ4n) is 9.28. The highest BCUT2D eigenvalue weighted by Gasteiger charge is 2.47. The number of amides is 1. The monoisotopic (exact) mass is 1090 g/mol. The first-order chi connectivity index (χ1) is 38.2. The number of esters is 1. The Morgan fingerprint density at radius 3 is 1.51 bits per heavy atom. The Morgan fingerprint density at radius 1 is 0.526 bits per heavy atom. The van der Waals surface area contributed by atoms with Crippen molar-refractivity contribution < 1.29 is 49.3 Å². The maximum atomic E-state index is 13.4. The minimum atomic E-state index is -1.63. The molecule has 0 radical (unpaired) electrons. The van der Waals surface area contributed by atoms with Crippen molar-refractivity contribution in [2.45, 2.75) is 301 Å². The zero-order valence-corrected chi connectivity index (χ0v) is 49.5. The number of unbranched alkanes of at least 4 members (excludes halogenated alkanes) is 26. The second kappa shape index (κ2) is 54.2. The summed E-state index contributed by atoms with van der Waals surface area (Å²) in [5, 5.41) is 57.0. The van der Waals surface area contributed by atoms with Gasteiger partial charge in [0.1, 0.15) is 24.4 Å². The molecule has 1 amide bonds. The van der Waals surface area contributed by atoms with Crippen molar-refractivity contribution in [1.29, 1.82) is 0 Å². The van der Waals surface area contributed by atoms with Gasteiger partial charge in [0.15, 0.2) is 12.4 Å². The van der Waals surface area contributed by atoms with Gasteiger partial charge in [-0.15, -0.1) is 0 Å². The van der Waals surface area contributed by atoms with Crippen LogP contribution in [0.4, 0.5) is 0 Å². The van der Waals surface area contributed by atoms with E-state index in [2.05, 4.69) is 92.9 Å². The van der Waals surface area contributed by atoms with E-state index in [9.17, 15) is 35.1 Å². The van der Waals surface area contributed by atoms with Gasteiger partial charge in [0.2, 0.25) is 5.91 Å². The molecular weight excluding hydrogens is 979 g/mol. The predicted octanol–water partition coefficient (Wildman–Crippen LogP) is 15.1. The molecule has 1 aliphatic heterocycles. The first-order valence-corrected chi connectivity index (χ1v) is 31.5. The Bertz CT molecular complexity index is 1630. The number of hydrogen-bond donors (Lipinski definition) is 6. The van der Waals surface area contributed by atoms with Gasteiger partial charge in [0.25, 0.3) is 0 Å². The van der Waals surface area contributed by atoms with E-state index in [1.54, 1.807) is 6.08 Å². The van der Waals surface area contributed by atoms with Crippen LogP contribution < -0.4 is 5.32 Å². The van der Waals surface area contributed by atoms with E-state index in [4.69, 9.17) is 14.2 Å². The van der Waals surface area contributed by atoms with Crippen molar-refractivity contribution >= 4 is 11.9 Å². The molecule has 78 heavy (non-hydrogen) atoms. The Morgan fingerprint density at radius 2 is 0.974 bits per heavy atom. The van der Waals surface area contributed by atoms with E-state index in [-0.39, 0.29) is 19.4 Å². The second-order valence-electron chi connectivity index (χ2n) is 21.5. The Hall–Kier alpha value is -3.42. The molecular formula is C67H115NO10. The molecule has 0 aromatic heterocycles. The van der Waals surface area contributed by atoms with E-state index < -0.39 is 67.4 Å². The van der Waals surface area contributed by atoms with Crippen LogP contribution in [-0.2, 0) is 23.8 Å². The van der Waals surface area contributed by atoms with E-state index in [1.165, 1.54) is 103 Å². The largest absolute Gasteiger partial charge is 0.454 e. The third-order valence-corrected chi connectivity index (χ3v) is 14.3. The lowest BCUT2D eigenvalue weighted by atomic mass is 9.99. The quantitative estimate of drug-likeness (QED) is 0.0149. The van der Waals surface area contributed by atoms with Crippen LogP contribution in [0, 0.1) is 0 Å². The van der Waals surface area contributed by atoms with Crippen molar-refractivity contribution in [3.63, 3.8) is 0 Å². The molecule has 1 rings (SSSR count). The number of allylic oxidation sites excluding steroid dienone is 15. The molecule has 6 N–H and O–H groups in total. The molecule has 1 aliphatic rings.